The Balaban J connectivity index is 1.37. The number of amides is 3. The first-order valence-electron chi connectivity index (χ1n) is 9.89. The van der Waals surface area contributed by atoms with E-state index in [9.17, 15) is 19.5 Å². The third kappa shape index (κ3) is 3.74. The second-order valence-electron chi connectivity index (χ2n) is 7.68. The van der Waals surface area contributed by atoms with E-state index in [0.29, 0.717) is 23.7 Å². The number of anilines is 1. The molecule has 9 heteroatoms. The average Bonchev–Trinajstić information content (AvgIpc) is 3.45. The highest BCUT2D eigenvalue weighted by atomic mass is 16.7. The molecule has 3 atom stereocenters. The summed E-state index contributed by atoms with van der Waals surface area (Å²) < 4.78 is 10.6. The van der Waals surface area contributed by atoms with Gasteiger partial charge in [-0.15, -0.1) is 0 Å². The molecule has 3 aliphatic rings. The van der Waals surface area contributed by atoms with Gasteiger partial charge in [0.05, 0.1) is 18.6 Å². The Morgan fingerprint density at radius 3 is 2.90 bits per heavy atom. The van der Waals surface area contributed by atoms with Crippen molar-refractivity contribution in [2.24, 2.45) is 5.92 Å². The number of ether oxygens (including phenoxy) is 2. The minimum absolute atomic E-state index is 0.0754. The van der Waals surface area contributed by atoms with Crippen LogP contribution in [0.1, 0.15) is 26.2 Å². The van der Waals surface area contributed by atoms with E-state index in [-0.39, 0.29) is 50.1 Å². The van der Waals surface area contributed by atoms with Gasteiger partial charge in [0.25, 0.3) is 0 Å². The van der Waals surface area contributed by atoms with Crippen molar-refractivity contribution in [3.63, 3.8) is 0 Å². The molecule has 0 bridgehead atoms. The highest BCUT2D eigenvalue weighted by Crippen LogP contribution is 2.37. The quantitative estimate of drug-likeness (QED) is 0.730. The van der Waals surface area contributed by atoms with Crippen molar-refractivity contribution in [3.05, 3.63) is 18.2 Å². The first kappa shape index (κ1) is 19.5. The van der Waals surface area contributed by atoms with Gasteiger partial charge in [-0.2, -0.15) is 0 Å². The van der Waals surface area contributed by atoms with Crippen LogP contribution < -0.4 is 19.7 Å². The van der Waals surface area contributed by atoms with Crippen LogP contribution in [-0.2, 0) is 14.4 Å². The molecule has 2 saturated heterocycles. The van der Waals surface area contributed by atoms with E-state index in [1.807, 2.05) is 0 Å². The number of hydrogen-bond donors (Lipinski definition) is 2. The summed E-state index contributed by atoms with van der Waals surface area (Å²) in [7, 11) is 0. The van der Waals surface area contributed by atoms with Crippen LogP contribution in [0.3, 0.4) is 0 Å². The summed E-state index contributed by atoms with van der Waals surface area (Å²) in [6, 6.07) is 4.35. The predicted molar refractivity (Wildman–Crippen MR) is 102 cm³/mol. The van der Waals surface area contributed by atoms with Gasteiger partial charge >= 0.3 is 0 Å². The molecule has 4 rings (SSSR count). The Morgan fingerprint density at radius 1 is 1.31 bits per heavy atom. The van der Waals surface area contributed by atoms with Gasteiger partial charge in [-0.1, -0.05) is 0 Å². The molecule has 3 aliphatic heterocycles. The van der Waals surface area contributed by atoms with Crippen molar-refractivity contribution in [2.75, 3.05) is 31.4 Å². The molecule has 0 aromatic heterocycles. The number of aliphatic hydroxyl groups is 1. The van der Waals surface area contributed by atoms with Crippen molar-refractivity contribution in [1.82, 2.24) is 10.2 Å². The zero-order valence-corrected chi connectivity index (χ0v) is 16.3. The summed E-state index contributed by atoms with van der Waals surface area (Å²) in [5, 5.41) is 12.1. The lowest BCUT2D eigenvalue weighted by Crippen LogP contribution is -2.50. The van der Waals surface area contributed by atoms with Crippen molar-refractivity contribution < 1.29 is 29.0 Å². The summed E-state index contributed by atoms with van der Waals surface area (Å²) in [4.78, 5) is 41.0. The largest absolute Gasteiger partial charge is 0.454 e. The van der Waals surface area contributed by atoms with Gasteiger partial charge < -0.3 is 29.7 Å². The van der Waals surface area contributed by atoms with Crippen LogP contribution in [0.5, 0.6) is 11.5 Å². The summed E-state index contributed by atoms with van der Waals surface area (Å²) in [6.07, 6.45) is 1.70. The van der Waals surface area contributed by atoms with Crippen molar-refractivity contribution in [3.8, 4) is 11.5 Å². The summed E-state index contributed by atoms with van der Waals surface area (Å²) in [5.41, 5.74) is 0.654. The van der Waals surface area contributed by atoms with Crippen molar-refractivity contribution in [2.45, 2.75) is 38.3 Å². The third-order valence-electron chi connectivity index (χ3n) is 5.76. The Bertz CT molecular complexity index is 828. The Kier molecular flexibility index (Phi) is 5.31. The van der Waals surface area contributed by atoms with E-state index < -0.39 is 12.0 Å². The standard InChI is InChI=1S/C20H25N3O6/c1-12(20(27)22-6-2-3-15(22)10-24)21-19(26)13-7-18(25)23(9-13)14-4-5-16-17(8-14)29-11-28-16/h4-5,8,12-13,15,24H,2-3,6-7,9-11H2,1H3,(H,21,26). The topological polar surface area (TPSA) is 108 Å². The zero-order chi connectivity index (χ0) is 20.5. The highest BCUT2D eigenvalue weighted by molar-refractivity contribution is 6.01. The fraction of sp³-hybridized carbons (Fsp3) is 0.550. The number of benzene rings is 1. The van der Waals surface area contributed by atoms with Crippen molar-refractivity contribution in [1.29, 1.82) is 0 Å². The van der Waals surface area contributed by atoms with Gasteiger partial charge in [0, 0.05) is 31.3 Å². The molecular formula is C20H25N3O6. The Labute approximate surface area is 168 Å². The lowest BCUT2D eigenvalue weighted by Gasteiger charge is -2.27. The van der Waals surface area contributed by atoms with Gasteiger partial charge in [0.15, 0.2) is 11.5 Å². The number of nitrogens with one attached hydrogen (secondary N) is 1. The number of nitrogens with zero attached hydrogens (tertiary/aromatic N) is 2. The SMILES string of the molecule is CC(NC(=O)C1CC(=O)N(c2ccc3c(c2)OCO3)C1)C(=O)N1CCCC1CO. The van der Waals surface area contributed by atoms with Gasteiger partial charge in [0.2, 0.25) is 24.5 Å². The van der Waals surface area contributed by atoms with Gasteiger partial charge in [-0.05, 0) is 31.9 Å². The van der Waals surface area contributed by atoms with Crippen molar-refractivity contribution >= 4 is 23.4 Å². The molecule has 1 aromatic rings. The molecule has 0 radical (unpaired) electrons. The third-order valence-corrected chi connectivity index (χ3v) is 5.76. The maximum Gasteiger partial charge on any atom is 0.245 e. The second kappa shape index (κ2) is 7.90. The average molecular weight is 403 g/mol. The molecule has 3 amide bonds. The number of rotatable bonds is 5. The first-order chi connectivity index (χ1) is 14.0. The number of aliphatic hydroxyl groups excluding tert-OH is 1. The number of likely N-dealkylation sites (tertiary alicyclic amines) is 1. The minimum atomic E-state index is -0.704. The summed E-state index contributed by atoms with van der Waals surface area (Å²) in [5.74, 6) is 0.00362. The fourth-order valence-electron chi connectivity index (χ4n) is 4.14. The molecule has 1 aromatic carbocycles. The molecule has 2 N–H and O–H groups in total. The van der Waals surface area contributed by atoms with Gasteiger partial charge in [0.1, 0.15) is 6.04 Å². The fourth-order valence-corrected chi connectivity index (χ4v) is 4.14. The van der Waals surface area contributed by atoms with Gasteiger partial charge in [-0.25, -0.2) is 0 Å². The maximum atomic E-state index is 12.7. The number of fused-ring (bicyclic) bond motifs is 1. The predicted octanol–water partition coefficient (Wildman–Crippen LogP) is 0.256. The second-order valence-corrected chi connectivity index (χ2v) is 7.68. The van der Waals surface area contributed by atoms with E-state index in [4.69, 9.17) is 9.47 Å². The molecule has 3 unspecified atom stereocenters. The van der Waals surface area contributed by atoms with Crippen LogP contribution in [0.25, 0.3) is 0 Å². The lowest BCUT2D eigenvalue weighted by atomic mass is 10.1. The lowest BCUT2D eigenvalue weighted by molar-refractivity contribution is -0.138. The number of carbonyl (C=O) groups excluding carboxylic acids is 3. The van der Waals surface area contributed by atoms with E-state index in [1.165, 1.54) is 0 Å². The number of carbonyl (C=O) groups is 3. The maximum absolute atomic E-state index is 12.7. The van der Waals surface area contributed by atoms with Crippen LogP contribution in [0.4, 0.5) is 5.69 Å². The molecule has 29 heavy (non-hydrogen) atoms. The smallest absolute Gasteiger partial charge is 0.245 e. The van der Waals surface area contributed by atoms with E-state index >= 15 is 0 Å². The minimum Gasteiger partial charge on any atom is -0.454 e. The van der Waals surface area contributed by atoms with E-state index in [2.05, 4.69) is 5.32 Å². The molecular weight excluding hydrogens is 378 g/mol. The van der Waals surface area contributed by atoms with Crippen LogP contribution in [0.15, 0.2) is 18.2 Å². The molecule has 9 nitrogen and oxygen atoms in total. The Hall–Kier alpha value is -2.81. The van der Waals surface area contributed by atoms with E-state index in [0.717, 1.165) is 12.8 Å². The van der Waals surface area contributed by atoms with Gasteiger partial charge in [-0.3, -0.25) is 14.4 Å². The summed E-state index contributed by atoms with van der Waals surface area (Å²) >= 11 is 0. The van der Waals surface area contributed by atoms with Crippen LogP contribution in [-0.4, -0.2) is 66.3 Å². The highest BCUT2D eigenvalue weighted by Gasteiger charge is 2.38. The van der Waals surface area contributed by atoms with Crippen LogP contribution >= 0.6 is 0 Å². The molecule has 3 heterocycles. The molecule has 0 saturated carbocycles. The summed E-state index contributed by atoms with van der Waals surface area (Å²) in [6.45, 7) is 2.55. The Morgan fingerprint density at radius 2 is 2.10 bits per heavy atom. The van der Waals surface area contributed by atoms with Crippen LogP contribution in [0, 0.1) is 5.92 Å². The van der Waals surface area contributed by atoms with E-state index in [1.54, 1.807) is 34.9 Å². The normalized spacial score (nSPS) is 24.1. The molecule has 0 aliphatic carbocycles. The number of hydrogen-bond acceptors (Lipinski definition) is 6. The molecule has 0 spiro atoms. The zero-order valence-electron chi connectivity index (χ0n) is 16.3. The van der Waals surface area contributed by atoms with Crippen LogP contribution in [0.2, 0.25) is 0 Å². The molecule has 2 fully saturated rings. The first-order valence-corrected chi connectivity index (χ1v) is 9.89. The monoisotopic (exact) mass is 403 g/mol. The molecule has 156 valence electrons.